The summed E-state index contributed by atoms with van der Waals surface area (Å²) in [6.45, 7) is 14.5. The maximum Gasteiger partial charge on any atom is 0.310 e. The van der Waals surface area contributed by atoms with Crippen molar-refractivity contribution in [2.24, 2.45) is 23.7 Å². The third kappa shape index (κ3) is 5.81. The van der Waals surface area contributed by atoms with E-state index in [0.717, 1.165) is 18.5 Å². The Balaban J connectivity index is 1.93. The maximum atomic E-state index is 12.6. The summed E-state index contributed by atoms with van der Waals surface area (Å²) < 4.78 is 11.1. The molecule has 1 saturated carbocycles. The highest BCUT2D eigenvalue weighted by Gasteiger charge is 2.53. The van der Waals surface area contributed by atoms with Crippen LogP contribution in [0.1, 0.15) is 6.42 Å². The minimum absolute atomic E-state index is 0.138. The molecule has 0 saturated heterocycles. The fourth-order valence-electron chi connectivity index (χ4n) is 3.57. The van der Waals surface area contributed by atoms with Gasteiger partial charge < -0.3 is 9.47 Å². The number of allylic oxidation sites excluding steroid dienone is 2. The molecule has 0 N–H and O–H groups in total. The molecule has 142 valence electrons. The molecule has 2 aliphatic rings. The van der Waals surface area contributed by atoms with Crippen LogP contribution in [0.25, 0.3) is 0 Å². The van der Waals surface area contributed by atoms with E-state index >= 15 is 0 Å². The summed E-state index contributed by atoms with van der Waals surface area (Å²) in [6.07, 6.45) is 5.05. The lowest BCUT2D eigenvalue weighted by Gasteiger charge is -2.26. The highest BCUT2D eigenvalue weighted by molar-refractivity contribution is 6.76. The van der Waals surface area contributed by atoms with Crippen molar-refractivity contribution in [3.05, 3.63) is 12.2 Å². The summed E-state index contributed by atoms with van der Waals surface area (Å²) in [5.74, 6) is -0.839. The quantitative estimate of drug-likeness (QED) is 0.359. The number of rotatable bonds is 8. The molecule has 0 spiro atoms. The SMILES string of the molecule is C[Si](C)(C)CCOC(=O)C1C2C=CC(C2)C1C(=O)OCC[Si](C)(C)C. The second-order valence-corrected chi connectivity index (χ2v) is 21.2. The number of esters is 2. The molecule has 0 aliphatic heterocycles. The van der Waals surface area contributed by atoms with Crippen molar-refractivity contribution in [1.29, 1.82) is 0 Å². The van der Waals surface area contributed by atoms with E-state index in [1.807, 2.05) is 0 Å². The Morgan fingerprint density at radius 2 is 1.16 bits per heavy atom. The van der Waals surface area contributed by atoms with Crippen LogP contribution in [0.2, 0.25) is 51.4 Å². The summed E-state index contributed by atoms with van der Waals surface area (Å²) in [5.41, 5.74) is 0. The van der Waals surface area contributed by atoms with E-state index < -0.39 is 16.1 Å². The van der Waals surface area contributed by atoms with Gasteiger partial charge >= 0.3 is 11.9 Å². The van der Waals surface area contributed by atoms with Crippen LogP contribution in [0.3, 0.4) is 0 Å². The molecule has 0 heterocycles. The molecule has 0 aromatic heterocycles. The van der Waals surface area contributed by atoms with Gasteiger partial charge in [-0.1, -0.05) is 51.4 Å². The predicted octanol–water partition coefficient (Wildman–Crippen LogP) is 4.19. The van der Waals surface area contributed by atoms with E-state index in [0.29, 0.717) is 13.2 Å². The van der Waals surface area contributed by atoms with E-state index in [4.69, 9.17) is 9.47 Å². The first-order chi connectivity index (χ1) is 11.5. The minimum atomic E-state index is -1.23. The Hall–Kier alpha value is -0.886. The highest BCUT2D eigenvalue weighted by Crippen LogP contribution is 2.49. The number of carbonyl (C=O) groups is 2. The van der Waals surface area contributed by atoms with Crippen molar-refractivity contribution >= 4 is 28.1 Å². The van der Waals surface area contributed by atoms with Crippen LogP contribution >= 0.6 is 0 Å². The average molecular weight is 383 g/mol. The van der Waals surface area contributed by atoms with Crippen LogP contribution in [0.5, 0.6) is 0 Å². The number of fused-ring (bicyclic) bond motifs is 2. The monoisotopic (exact) mass is 382 g/mol. The van der Waals surface area contributed by atoms with Gasteiger partial charge in [-0.15, -0.1) is 0 Å². The molecule has 0 aromatic carbocycles. The normalized spacial score (nSPS) is 28.2. The second-order valence-electron chi connectivity index (χ2n) is 9.96. The number of hydrogen-bond acceptors (Lipinski definition) is 4. The molecule has 4 unspecified atom stereocenters. The highest BCUT2D eigenvalue weighted by atomic mass is 28.3. The van der Waals surface area contributed by atoms with Gasteiger partial charge in [0.15, 0.2) is 0 Å². The number of carbonyl (C=O) groups excluding carboxylic acids is 2. The molecule has 4 nitrogen and oxygen atoms in total. The van der Waals surface area contributed by atoms with Gasteiger partial charge in [-0.05, 0) is 30.3 Å². The zero-order chi connectivity index (χ0) is 18.8. The minimum Gasteiger partial charge on any atom is -0.466 e. The van der Waals surface area contributed by atoms with Crippen LogP contribution in [0.4, 0.5) is 0 Å². The van der Waals surface area contributed by atoms with Gasteiger partial charge in [0.1, 0.15) is 0 Å². The second kappa shape index (κ2) is 7.78. The van der Waals surface area contributed by atoms with E-state index in [1.165, 1.54) is 0 Å². The van der Waals surface area contributed by atoms with Crippen molar-refractivity contribution in [2.45, 2.75) is 57.8 Å². The summed E-state index contributed by atoms with van der Waals surface area (Å²) in [6, 6.07) is 1.92. The van der Waals surface area contributed by atoms with Crippen LogP contribution in [-0.4, -0.2) is 41.3 Å². The Bertz CT molecular complexity index is 485. The largest absolute Gasteiger partial charge is 0.466 e. The molecule has 25 heavy (non-hydrogen) atoms. The van der Waals surface area contributed by atoms with Crippen LogP contribution in [0.15, 0.2) is 12.2 Å². The molecule has 2 rings (SSSR count). The maximum absolute atomic E-state index is 12.6. The third-order valence-electron chi connectivity index (χ3n) is 5.20. The van der Waals surface area contributed by atoms with Gasteiger partial charge in [-0.2, -0.15) is 0 Å². The van der Waals surface area contributed by atoms with Crippen LogP contribution in [0, 0.1) is 23.7 Å². The van der Waals surface area contributed by atoms with Crippen molar-refractivity contribution in [3.8, 4) is 0 Å². The first kappa shape index (κ1) is 20.4. The van der Waals surface area contributed by atoms with Gasteiger partial charge in [-0.25, -0.2) is 0 Å². The van der Waals surface area contributed by atoms with E-state index in [1.54, 1.807) is 0 Å². The Labute approximate surface area is 154 Å². The summed E-state index contributed by atoms with van der Waals surface area (Å²) >= 11 is 0. The zero-order valence-electron chi connectivity index (χ0n) is 16.6. The van der Waals surface area contributed by atoms with Crippen LogP contribution in [-0.2, 0) is 19.1 Å². The van der Waals surface area contributed by atoms with Gasteiger partial charge in [0, 0.05) is 16.1 Å². The van der Waals surface area contributed by atoms with E-state index in [9.17, 15) is 9.59 Å². The fraction of sp³-hybridized carbons (Fsp3) is 0.789. The van der Waals surface area contributed by atoms with E-state index in [-0.39, 0.29) is 35.6 Å². The third-order valence-corrected chi connectivity index (χ3v) is 8.60. The predicted molar refractivity (Wildman–Crippen MR) is 106 cm³/mol. The first-order valence-electron chi connectivity index (χ1n) is 9.49. The molecule has 2 aliphatic carbocycles. The zero-order valence-corrected chi connectivity index (χ0v) is 18.6. The lowest BCUT2D eigenvalue weighted by atomic mass is 9.83. The first-order valence-corrected chi connectivity index (χ1v) is 16.9. The standard InChI is InChI=1S/C19H34O4Si2/c1-24(2,3)11-9-22-18(20)16-14-7-8-15(13-14)17(16)19(21)23-10-12-25(4,5)6/h7-8,14-17H,9-13H2,1-6H3. The van der Waals surface area contributed by atoms with E-state index in [2.05, 4.69) is 51.4 Å². The molecule has 4 atom stereocenters. The molecular formula is C19H34O4Si2. The van der Waals surface area contributed by atoms with Gasteiger partial charge in [-0.3, -0.25) is 9.59 Å². The van der Waals surface area contributed by atoms with Crippen molar-refractivity contribution in [3.63, 3.8) is 0 Å². The Morgan fingerprint density at radius 1 is 0.800 bits per heavy atom. The molecule has 1 fully saturated rings. The fourth-order valence-corrected chi connectivity index (χ4v) is 5.00. The molecule has 0 amide bonds. The molecule has 0 aromatic rings. The summed E-state index contributed by atoms with van der Waals surface area (Å²) in [7, 11) is -2.47. The number of hydrogen-bond donors (Lipinski definition) is 0. The van der Waals surface area contributed by atoms with Crippen LogP contribution < -0.4 is 0 Å². The lowest BCUT2D eigenvalue weighted by molar-refractivity contribution is -0.160. The molecule has 6 heteroatoms. The molecule has 0 radical (unpaired) electrons. The van der Waals surface area contributed by atoms with Gasteiger partial charge in [0.05, 0.1) is 25.0 Å². The summed E-state index contributed by atoms with van der Waals surface area (Å²) in [5, 5.41) is 0. The van der Waals surface area contributed by atoms with Crippen molar-refractivity contribution < 1.29 is 19.1 Å². The van der Waals surface area contributed by atoms with Gasteiger partial charge in [0.25, 0.3) is 0 Å². The molecule has 2 bridgehead atoms. The Morgan fingerprint density at radius 3 is 1.48 bits per heavy atom. The van der Waals surface area contributed by atoms with Gasteiger partial charge in [0.2, 0.25) is 0 Å². The number of ether oxygens (including phenoxy) is 2. The smallest absolute Gasteiger partial charge is 0.310 e. The lowest BCUT2D eigenvalue weighted by Crippen LogP contribution is -2.36. The summed E-state index contributed by atoms with van der Waals surface area (Å²) in [4.78, 5) is 25.3. The average Bonchev–Trinajstić information content (AvgIpc) is 3.04. The molecular weight excluding hydrogens is 348 g/mol. The Kier molecular flexibility index (Phi) is 6.36. The van der Waals surface area contributed by atoms with Crippen molar-refractivity contribution in [1.82, 2.24) is 0 Å². The van der Waals surface area contributed by atoms with Crippen molar-refractivity contribution in [2.75, 3.05) is 13.2 Å². The topological polar surface area (TPSA) is 52.6 Å².